The van der Waals surface area contributed by atoms with Gasteiger partial charge in [0.15, 0.2) is 0 Å². The molecular formula is C9H7N3O3. The number of hydrogen-bond donors (Lipinski definition) is 2. The van der Waals surface area contributed by atoms with Gasteiger partial charge >= 0.3 is 11.8 Å². The van der Waals surface area contributed by atoms with Gasteiger partial charge in [-0.1, -0.05) is 17.3 Å². The van der Waals surface area contributed by atoms with Gasteiger partial charge in [-0.2, -0.15) is 4.98 Å². The van der Waals surface area contributed by atoms with Gasteiger partial charge in [-0.3, -0.25) is 4.79 Å². The van der Waals surface area contributed by atoms with Gasteiger partial charge in [0.05, 0.1) is 0 Å². The highest BCUT2D eigenvalue weighted by Gasteiger charge is 2.12. The molecule has 2 aromatic rings. The van der Waals surface area contributed by atoms with Crippen LogP contribution in [0.5, 0.6) is 5.75 Å². The van der Waals surface area contributed by atoms with Crippen LogP contribution in [-0.4, -0.2) is 21.2 Å². The molecule has 15 heavy (non-hydrogen) atoms. The van der Waals surface area contributed by atoms with Gasteiger partial charge in [-0.25, -0.2) is 0 Å². The molecule has 1 heterocycles. The molecule has 1 aromatic carbocycles. The summed E-state index contributed by atoms with van der Waals surface area (Å²) in [5.41, 5.74) is 5.50. The molecule has 76 valence electrons. The Balaban J connectivity index is 2.41. The zero-order valence-electron chi connectivity index (χ0n) is 7.54. The predicted molar refractivity (Wildman–Crippen MR) is 49.9 cm³/mol. The molecular weight excluding hydrogens is 198 g/mol. The highest BCUT2D eigenvalue weighted by atomic mass is 16.5. The van der Waals surface area contributed by atoms with Crippen LogP contribution >= 0.6 is 0 Å². The number of rotatable bonds is 2. The van der Waals surface area contributed by atoms with Crippen molar-refractivity contribution in [3.05, 3.63) is 30.2 Å². The monoisotopic (exact) mass is 205 g/mol. The van der Waals surface area contributed by atoms with Crippen molar-refractivity contribution in [3.63, 3.8) is 0 Å². The topological polar surface area (TPSA) is 102 Å². The van der Waals surface area contributed by atoms with E-state index < -0.39 is 5.91 Å². The standard InChI is InChI=1S/C9H7N3O3/c10-7(14)9-11-8(12-15-9)5-2-1-3-6(13)4-5/h1-4,13H,(H2,10,14). The molecule has 0 saturated heterocycles. The Bertz CT molecular complexity index is 507. The van der Waals surface area contributed by atoms with E-state index in [9.17, 15) is 9.90 Å². The van der Waals surface area contributed by atoms with Gasteiger partial charge in [0.1, 0.15) is 5.75 Å². The van der Waals surface area contributed by atoms with E-state index in [-0.39, 0.29) is 17.5 Å². The third kappa shape index (κ3) is 1.78. The van der Waals surface area contributed by atoms with Gasteiger partial charge in [-0.15, -0.1) is 0 Å². The van der Waals surface area contributed by atoms with Crippen LogP contribution < -0.4 is 5.73 Å². The maximum Gasteiger partial charge on any atom is 0.316 e. The lowest BCUT2D eigenvalue weighted by molar-refractivity contribution is 0.0958. The van der Waals surface area contributed by atoms with Crippen molar-refractivity contribution in [2.75, 3.05) is 0 Å². The van der Waals surface area contributed by atoms with Crippen molar-refractivity contribution in [2.24, 2.45) is 5.73 Å². The smallest absolute Gasteiger partial charge is 0.316 e. The summed E-state index contributed by atoms with van der Waals surface area (Å²) in [5.74, 6) is -0.750. The number of aromatic nitrogens is 2. The molecule has 1 aromatic heterocycles. The van der Waals surface area contributed by atoms with Gasteiger partial charge in [0.25, 0.3) is 0 Å². The van der Waals surface area contributed by atoms with E-state index in [1.165, 1.54) is 12.1 Å². The van der Waals surface area contributed by atoms with Crippen LogP contribution in [0, 0.1) is 0 Å². The van der Waals surface area contributed by atoms with Crippen LogP contribution in [0.15, 0.2) is 28.8 Å². The molecule has 6 heteroatoms. The summed E-state index contributed by atoms with van der Waals surface area (Å²) < 4.78 is 4.60. The third-order valence-corrected chi connectivity index (χ3v) is 1.74. The van der Waals surface area contributed by atoms with Crippen molar-refractivity contribution in [3.8, 4) is 17.1 Å². The van der Waals surface area contributed by atoms with E-state index in [1.54, 1.807) is 12.1 Å². The van der Waals surface area contributed by atoms with E-state index >= 15 is 0 Å². The average Bonchev–Trinajstić information content (AvgIpc) is 2.66. The second-order valence-corrected chi connectivity index (χ2v) is 2.84. The summed E-state index contributed by atoms with van der Waals surface area (Å²) in [5, 5.41) is 12.8. The number of carbonyl (C=O) groups is 1. The minimum Gasteiger partial charge on any atom is -0.508 e. The molecule has 0 aliphatic carbocycles. The number of carbonyl (C=O) groups excluding carboxylic acids is 1. The maximum absolute atomic E-state index is 10.7. The van der Waals surface area contributed by atoms with Crippen molar-refractivity contribution in [1.29, 1.82) is 0 Å². The molecule has 6 nitrogen and oxygen atoms in total. The van der Waals surface area contributed by atoms with Crippen LogP contribution in [0.2, 0.25) is 0 Å². The first kappa shape index (κ1) is 9.20. The molecule has 1 amide bonds. The highest BCUT2D eigenvalue weighted by Crippen LogP contribution is 2.20. The largest absolute Gasteiger partial charge is 0.508 e. The summed E-state index contributed by atoms with van der Waals surface area (Å²) in [7, 11) is 0. The SMILES string of the molecule is NC(=O)c1nc(-c2cccc(O)c2)no1. The quantitative estimate of drug-likeness (QED) is 0.744. The summed E-state index contributed by atoms with van der Waals surface area (Å²) in [6.07, 6.45) is 0. The Morgan fingerprint density at radius 1 is 1.47 bits per heavy atom. The number of primary amides is 1. The number of amides is 1. The normalized spacial score (nSPS) is 10.1. The number of phenolic OH excluding ortho intramolecular Hbond substituents is 1. The molecule has 0 spiro atoms. The first-order valence-electron chi connectivity index (χ1n) is 4.10. The fraction of sp³-hybridized carbons (Fsp3) is 0. The summed E-state index contributed by atoms with van der Waals surface area (Å²) in [6, 6.07) is 6.27. The lowest BCUT2D eigenvalue weighted by Crippen LogP contribution is -2.10. The first-order valence-corrected chi connectivity index (χ1v) is 4.10. The Kier molecular flexibility index (Phi) is 2.09. The van der Waals surface area contributed by atoms with Gasteiger partial charge in [0, 0.05) is 5.56 Å². The minimum absolute atomic E-state index is 0.0814. The molecule has 0 saturated carbocycles. The Hall–Kier alpha value is -2.37. The van der Waals surface area contributed by atoms with Gasteiger partial charge < -0.3 is 15.4 Å². The molecule has 3 N–H and O–H groups in total. The Morgan fingerprint density at radius 3 is 2.87 bits per heavy atom. The van der Waals surface area contributed by atoms with Crippen molar-refractivity contribution < 1.29 is 14.4 Å². The van der Waals surface area contributed by atoms with Crippen LogP contribution in [-0.2, 0) is 0 Å². The molecule has 0 bridgehead atoms. The Morgan fingerprint density at radius 2 is 2.27 bits per heavy atom. The van der Waals surface area contributed by atoms with Crippen molar-refractivity contribution >= 4 is 5.91 Å². The van der Waals surface area contributed by atoms with E-state index in [4.69, 9.17) is 5.73 Å². The lowest BCUT2D eigenvalue weighted by atomic mass is 10.2. The van der Waals surface area contributed by atoms with E-state index in [0.717, 1.165) is 0 Å². The van der Waals surface area contributed by atoms with Crippen LogP contribution in [0.25, 0.3) is 11.4 Å². The molecule has 0 atom stereocenters. The van der Waals surface area contributed by atoms with E-state index in [1.807, 2.05) is 0 Å². The number of nitrogens with two attached hydrogens (primary N) is 1. The lowest BCUT2D eigenvalue weighted by Gasteiger charge is -1.93. The maximum atomic E-state index is 10.7. The number of nitrogens with zero attached hydrogens (tertiary/aromatic N) is 2. The predicted octanol–water partition coefficient (Wildman–Crippen LogP) is 0.541. The van der Waals surface area contributed by atoms with Crippen LogP contribution in [0.3, 0.4) is 0 Å². The molecule has 0 aliphatic heterocycles. The highest BCUT2D eigenvalue weighted by molar-refractivity contribution is 5.88. The average molecular weight is 205 g/mol. The number of benzene rings is 1. The van der Waals surface area contributed by atoms with Gasteiger partial charge in [-0.05, 0) is 12.1 Å². The summed E-state index contributed by atoms with van der Waals surface area (Å²) in [4.78, 5) is 14.4. The van der Waals surface area contributed by atoms with Crippen LogP contribution in [0.1, 0.15) is 10.7 Å². The fourth-order valence-electron chi connectivity index (χ4n) is 1.09. The number of hydrogen-bond acceptors (Lipinski definition) is 5. The summed E-state index contributed by atoms with van der Waals surface area (Å²) >= 11 is 0. The Labute approximate surface area is 84.3 Å². The minimum atomic E-state index is -0.783. The van der Waals surface area contributed by atoms with Crippen LogP contribution in [0.4, 0.5) is 0 Å². The van der Waals surface area contributed by atoms with E-state index in [2.05, 4.69) is 14.7 Å². The van der Waals surface area contributed by atoms with Crippen molar-refractivity contribution in [2.45, 2.75) is 0 Å². The summed E-state index contributed by atoms with van der Waals surface area (Å²) in [6.45, 7) is 0. The zero-order valence-corrected chi connectivity index (χ0v) is 7.54. The molecule has 0 radical (unpaired) electrons. The zero-order chi connectivity index (χ0) is 10.8. The number of phenols is 1. The van der Waals surface area contributed by atoms with E-state index in [0.29, 0.717) is 5.56 Å². The molecule has 0 aliphatic rings. The van der Waals surface area contributed by atoms with Gasteiger partial charge in [0.2, 0.25) is 5.82 Å². The number of aromatic hydroxyl groups is 1. The second kappa shape index (κ2) is 3.41. The fourth-order valence-corrected chi connectivity index (χ4v) is 1.09. The van der Waals surface area contributed by atoms with Crippen molar-refractivity contribution in [1.82, 2.24) is 10.1 Å². The first-order chi connectivity index (χ1) is 7.16. The molecule has 0 fully saturated rings. The third-order valence-electron chi connectivity index (χ3n) is 1.74. The second-order valence-electron chi connectivity index (χ2n) is 2.84. The molecule has 0 unspecified atom stereocenters. The molecule has 2 rings (SSSR count).